The number of rotatable bonds is 5. The van der Waals surface area contributed by atoms with Crippen LogP contribution in [0.2, 0.25) is 0 Å². The molecule has 0 unspecified atom stereocenters. The third-order valence-corrected chi connectivity index (χ3v) is 4.68. The van der Waals surface area contributed by atoms with Crippen LogP contribution in [-0.2, 0) is 9.53 Å². The lowest BCUT2D eigenvalue weighted by atomic mass is 9.93. The quantitative estimate of drug-likeness (QED) is 0.853. The maximum absolute atomic E-state index is 12.9. The van der Waals surface area contributed by atoms with Gasteiger partial charge in [-0.05, 0) is 43.7 Å². The first-order valence-corrected chi connectivity index (χ1v) is 8.73. The Morgan fingerprint density at radius 3 is 2.68 bits per heavy atom. The summed E-state index contributed by atoms with van der Waals surface area (Å²) in [5.74, 6) is 0.278. The van der Waals surface area contributed by atoms with E-state index in [1.807, 2.05) is 9.80 Å². The largest absolute Gasteiger partial charge is 0.491 e. The molecule has 1 atom stereocenters. The normalized spacial score (nSPS) is 25.0. The Morgan fingerprint density at radius 1 is 1.24 bits per heavy atom. The molecule has 25 heavy (non-hydrogen) atoms. The van der Waals surface area contributed by atoms with E-state index in [4.69, 9.17) is 9.47 Å². The highest BCUT2D eigenvalue weighted by molar-refractivity contribution is 5.78. The molecule has 1 aromatic rings. The molecule has 6 nitrogen and oxygen atoms in total. The van der Waals surface area contributed by atoms with Gasteiger partial charge in [0.15, 0.2) is 0 Å². The van der Waals surface area contributed by atoms with Crippen molar-refractivity contribution in [2.45, 2.75) is 18.4 Å². The first kappa shape index (κ1) is 18.1. The van der Waals surface area contributed by atoms with Gasteiger partial charge in [0, 0.05) is 19.6 Å². The number of amides is 1. The maximum atomic E-state index is 12.9. The van der Waals surface area contributed by atoms with E-state index in [9.17, 15) is 14.3 Å². The maximum Gasteiger partial charge on any atom is 0.236 e. The minimum atomic E-state index is -1.00. The average Bonchev–Trinajstić information content (AvgIpc) is 2.62. The minimum absolute atomic E-state index is 0.0759. The van der Waals surface area contributed by atoms with Crippen molar-refractivity contribution in [2.75, 3.05) is 52.5 Å². The second-order valence-corrected chi connectivity index (χ2v) is 6.77. The van der Waals surface area contributed by atoms with Gasteiger partial charge in [-0.1, -0.05) is 0 Å². The van der Waals surface area contributed by atoms with Crippen LogP contribution in [0.5, 0.6) is 5.75 Å². The smallest absolute Gasteiger partial charge is 0.236 e. The van der Waals surface area contributed by atoms with Crippen LogP contribution < -0.4 is 4.74 Å². The number of hydrogen-bond donors (Lipinski definition) is 1. The zero-order chi connectivity index (χ0) is 17.7. The zero-order valence-corrected chi connectivity index (χ0v) is 14.3. The van der Waals surface area contributed by atoms with Crippen LogP contribution in [0.25, 0.3) is 0 Å². The summed E-state index contributed by atoms with van der Waals surface area (Å²) in [6.45, 7) is 4.04. The highest BCUT2D eigenvalue weighted by Crippen LogP contribution is 2.23. The molecule has 0 radical (unpaired) electrons. The van der Waals surface area contributed by atoms with E-state index in [2.05, 4.69) is 0 Å². The van der Waals surface area contributed by atoms with Gasteiger partial charge >= 0.3 is 0 Å². The fourth-order valence-corrected chi connectivity index (χ4v) is 3.31. The molecule has 2 fully saturated rings. The Morgan fingerprint density at radius 2 is 1.96 bits per heavy atom. The summed E-state index contributed by atoms with van der Waals surface area (Å²) >= 11 is 0. The van der Waals surface area contributed by atoms with Crippen molar-refractivity contribution in [3.8, 4) is 5.75 Å². The molecule has 0 bridgehead atoms. The van der Waals surface area contributed by atoms with E-state index in [1.165, 1.54) is 12.1 Å². The summed E-state index contributed by atoms with van der Waals surface area (Å²) in [6, 6.07) is 5.74. The molecule has 0 aromatic heterocycles. The summed E-state index contributed by atoms with van der Waals surface area (Å²) in [4.78, 5) is 16.2. The Bertz CT molecular complexity index is 577. The van der Waals surface area contributed by atoms with Gasteiger partial charge in [-0.25, -0.2) is 4.39 Å². The van der Waals surface area contributed by atoms with Gasteiger partial charge in [-0.3, -0.25) is 9.69 Å². The second-order valence-electron chi connectivity index (χ2n) is 6.77. The molecule has 2 heterocycles. The fourth-order valence-electron chi connectivity index (χ4n) is 3.31. The number of morpholine rings is 1. The van der Waals surface area contributed by atoms with Gasteiger partial charge in [0.2, 0.25) is 5.91 Å². The number of ether oxygens (including phenoxy) is 2. The number of carbonyl (C=O) groups is 1. The van der Waals surface area contributed by atoms with Crippen LogP contribution in [0, 0.1) is 5.82 Å². The van der Waals surface area contributed by atoms with Gasteiger partial charge < -0.3 is 19.5 Å². The number of benzene rings is 1. The SMILES string of the molecule is O=C(CN1CCC[C@](O)(COc2ccc(F)cc2)C1)N1CCOCC1. The van der Waals surface area contributed by atoms with E-state index in [0.717, 1.165) is 13.0 Å². The van der Waals surface area contributed by atoms with Crippen molar-refractivity contribution in [2.24, 2.45) is 0 Å². The van der Waals surface area contributed by atoms with Crippen LogP contribution >= 0.6 is 0 Å². The van der Waals surface area contributed by atoms with Crippen LogP contribution in [0.4, 0.5) is 4.39 Å². The first-order valence-electron chi connectivity index (χ1n) is 8.73. The van der Waals surface area contributed by atoms with Gasteiger partial charge in [0.05, 0.1) is 19.8 Å². The number of β-amino-alcohol motifs (C(OH)–C–C–N with tert-alkyl or cyclic N) is 1. The summed E-state index contributed by atoms with van der Waals surface area (Å²) < 4.78 is 23.8. The number of carbonyl (C=O) groups excluding carboxylic acids is 1. The third kappa shape index (κ3) is 5.14. The Hall–Kier alpha value is -1.70. The minimum Gasteiger partial charge on any atom is -0.491 e. The number of piperidine rings is 1. The molecule has 1 amide bonds. The molecule has 7 heteroatoms. The summed E-state index contributed by atoms with van der Waals surface area (Å²) in [7, 11) is 0. The first-order chi connectivity index (χ1) is 12.0. The molecule has 138 valence electrons. The summed E-state index contributed by atoms with van der Waals surface area (Å²) in [5.41, 5.74) is -1.00. The molecule has 0 spiro atoms. The van der Waals surface area contributed by atoms with E-state index in [0.29, 0.717) is 51.6 Å². The molecule has 1 aromatic carbocycles. The molecule has 3 rings (SSSR count). The molecule has 0 saturated carbocycles. The monoisotopic (exact) mass is 352 g/mol. The van der Waals surface area contributed by atoms with E-state index in [1.54, 1.807) is 12.1 Å². The topological polar surface area (TPSA) is 62.2 Å². The van der Waals surface area contributed by atoms with Crippen molar-refractivity contribution in [3.05, 3.63) is 30.1 Å². The van der Waals surface area contributed by atoms with Crippen molar-refractivity contribution in [1.82, 2.24) is 9.80 Å². The molecular formula is C18H25FN2O4. The van der Waals surface area contributed by atoms with E-state index < -0.39 is 5.60 Å². The fraction of sp³-hybridized carbons (Fsp3) is 0.611. The van der Waals surface area contributed by atoms with Gasteiger partial charge in [0.1, 0.15) is 23.8 Å². The molecule has 2 aliphatic rings. The third-order valence-electron chi connectivity index (χ3n) is 4.68. The van der Waals surface area contributed by atoms with E-state index in [-0.39, 0.29) is 18.3 Å². The lowest BCUT2D eigenvalue weighted by Gasteiger charge is -2.39. The number of halogens is 1. The van der Waals surface area contributed by atoms with Gasteiger partial charge in [-0.15, -0.1) is 0 Å². The zero-order valence-electron chi connectivity index (χ0n) is 14.3. The summed E-state index contributed by atoms with van der Waals surface area (Å²) in [5, 5.41) is 10.8. The van der Waals surface area contributed by atoms with Crippen LogP contribution in [0.15, 0.2) is 24.3 Å². The lowest BCUT2D eigenvalue weighted by Crippen LogP contribution is -2.54. The summed E-state index contributed by atoms with van der Waals surface area (Å²) in [6.07, 6.45) is 1.43. The van der Waals surface area contributed by atoms with Crippen molar-refractivity contribution >= 4 is 5.91 Å². The van der Waals surface area contributed by atoms with E-state index >= 15 is 0 Å². The molecule has 0 aliphatic carbocycles. The molecule has 2 aliphatic heterocycles. The van der Waals surface area contributed by atoms with Crippen LogP contribution in [0.1, 0.15) is 12.8 Å². The average molecular weight is 352 g/mol. The number of nitrogens with zero attached hydrogens (tertiary/aromatic N) is 2. The van der Waals surface area contributed by atoms with Crippen molar-refractivity contribution in [1.29, 1.82) is 0 Å². The Kier molecular flexibility index (Phi) is 5.88. The number of aliphatic hydroxyl groups is 1. The standard InChI is InChI=1S/C18H25FN2O4/c19-15-2-4-16(5-3-15)25-14-18(23)6-1-7-20(13-18)12-17(22)21-8-10-24-11-9-21/h2-5,23H,1,6-14H2/t18-/m1/s1. The second kappa shape index (κ2) is 8.12. The van der Waals surface area contributed by atoms with Gasteiger partial charge in [-0.2, -0.15) is 0 Å². The number of likely N-dealkylation sites (tertiary alicyclic amines) is 1. The van der Waals surface area contributed by atoms with Crippen LogP contribution in [0.3, 0.4) is 0 Å². The van der Waals surface area contributed by atoms with Crippen molar-refractivity contribution in [3.63, 3.8) is 0 Å². The molecular weight excluding hydrogens is 327 g/mol. The predicted octanol–water partition coefficient (Wildman–Crippen LogP) is 0.890. The Labute approximate surface area is 147 Å². The lowest BCUT2D eigenvalue weighted by molar-refractivity contribution is -0.138. The van der Waals surface area contributed by atoms with Crippen LogP contribution in [-0.4, -0.2) is 79.0 Å². The molecule has 1 N–H and O–H groups in total. The predicted molar refractivity (Wildman–Crippen MR) is 89.9 cm³/mol. The molecule has 2 saturated heterocycles. The van der Waals surface area contributed by atoms with Gasteiger partial charge in [0.25, 0.3) is 0 Å². The highest BCUT2D eigenvalue weighted by atomic mass is 19.1. The van der Waals surface area contributed by atoms with Crippen molar-refractivity contribution < 1.29 is 23.8 Å². The highest BCUT2D eigenvalue weighted by Gasteiger charge is 2.35. The number of hydrogen-bond acceptors (Lipinski definition) is 5. The Balaban J connectivity index is 1.50.